The molecule has 0 radical (unpaired) electrons. The highest BCUT2D eigenvalue weighted by molar-refractivity contribution is 7.90. The second-order valence-electron chi connectivity index (χ2n) is 4.77. The third-order valence-corrected chi connectivity index (χ3v) is 5.06. The van der Waals surface area contributed by atoms with Gasteiger partial charge in [-0.1, -0.05) is 28.8 Å². The number of rotatable bonds is 7. The van der Waals surface area contributed by atoms with Gasteiger partial charge in [0, 0.05) is 24.2 Å². The number of aromatic nitrogens is 2. The van der Waals surface area contributed by atoms with Crippen molar-refractivity contribution in [2.45, 2.75) is 17.4 Å². The van der Waals surface area contributed by atoms with Crippen LogP contribution in [0.3, 0.4) is 0 Å². The van der Waals surface area contributed by atoms with Gasteiger partial charge in [-0.25, -0.2) is 21.6 Å². The third kappa shape index (κ3) is 5.57. The molecule has 0 atom stereocenters. The molecule has 2 rings (SSSR count). The van der Waals surface area contributed by atoms with Crippen LogP contribution >= 0.6 is 11.6 Å². The Morgan fingerprint density at radius 3 is 2.57 bits per heavy atom. The molecule has 0 saturated heterocycles. The fourth-order valence-electron chi connectivity index (χ4n) is 1.70. The standard InChI is InChI=1S/C12H14ClN3O5S2/c1-22(17,18)12-16-15-11(21-12)5-6-14-23(19,20)8-9-3-2-4-10(13)7-9/h2-4,7,14H,5-6,8H2,1H3. The Kier molecular flexibility index (Phi) is 5.40. The number of sulfonamides is 1. The molecule has 1 aromatic heterocycles. The molecule has 0 bridgehead atoms. The van der Waals surface area contributed by atoms with Gasteiger partial charge in [0.25, 0.3) is 0 Å². The monoisotopic (exact) mass is 379 g/mol. The Balaban J connectivity index is 1.91. The SMILES string of the molecule is CS(=O)(=O)c1nnc(CCNS(=O)(=O)Cc2cccc(Cl)c2)o1. The van der Waals surface area contributed by atoms with Crippen molar-refractivity contribution in [2.75, 3.05) is 12.8 Å². The van der Waals surface area contributed by atoms with Crippen molar-refractivity contribution in [1.82, 2.24) is 14.9 Å². The second-order valence-corrected chi connectivity index (χ2v) is 8.90. The zero-order valence-corrected chi connectivity index (χ0v) is 14.4. The number of halogens is 1. The van der Waals surface area contributed by atoms with E-state index in [1.54, 1.807) is 24.3 Å². The Labute approximate surface area is 138 Å². The van der Waals surface area contributed by atoms with Crippen molar-refractivity contribution < 1.29 is 21.3 Å². The fraction of sp³-hybridized carbons (Fsp3) is 0.333. The van der Waals surface area contributed by atoms with Crippen LogP contribution in [0.25, 0.3) is 0 Å². The van der Waals surface area contributed by atoms with Gasteiger partial charge < -0.3 is 4.42 Å². The van der Waals surface area contributed by atoms with E-state index in [0.717, 1.165) is 6.26 Å². The molecule has 1 N–H and O–H groups in total. The van der Waals surface area contributed by atoms with Gasteiger partial charge in [-0.05, 0) is 17.7 Å². The van der Waals surface area contributed by atoms with Crippen molar-refractivity contribution in [3.8, 4) is 0 Å². The van der Waals surface area contributed by atoms with Crippen LogP contribution in [0.4, 0.5) is 0 Å². The van der Waals surface area contributed by atoms with Crippen LogP contribution in [-0.2, 0) is 32.0 Å². The number of nitrogens with zero attached hydrogens (tertiary/aromatic N) is 2. The number of hydrogen-bond acceptors (Lipinski definition) is 7. The maximum Gasteiger partial charge on any atom is 0.335 e. The van der Waals surface area contributed by atoms with Crippen molar-refractivity contribution in [3.63, 3.8) is 0 Å². The van der Waals surface area contributed by atoms with E-state index in [2.05, 4.69) is 14.9 Å². The average Bonchev–Trinajstić information content (AvgIpc) is 2.86. The summed E-state index contributed by atoms with van der Waals surface area (Å²) in [5.41, 5.74) is 0.558. The van der Waals surface area contributed by atoms with Crippen molar-refractivity contribution in [1.29, 1.82) is 0 Å². The molecule has 0 fully saturated rings. The third-order valence-electron chi connectivity index (χ3n) is 2.67. The molecule has 0 aliphatic rings. The second kappa shape index (κ2) is 6.95. The predicted molar refractivity (Wildman–Crippen MR) is 83.2 cm³/mol. The molecule has 0 spiro atoms. The summed E-state index contributed by atoms with van der Waals surface area (Å²) in [6.07, 6.45) is 1.02. The normalized spacial score (nSPS) is 12.4. The highest BCUT2D eigenvalue weighted by Crippen LogP contribution is 2.13. The van der Waals surface area contributed by atoms with Crippen LogP contribution in [0.5, 0.6) is 0 Å². The predicted octanol–water partition coefficient (Wildman–Crippen LogP) is 0.789. The Morgan fingerprint density at radius 1 is 1.22 bits per heavy atom. The quantitative estimate of drug-likeness (QED) is 0.755. The number of benzene rings is 1. The van der Waals surface area contributed by atoms with E-state index in [1.165, 1.54) is 0 Å². The molecule has 2 aromatic rings. The summed E-state index contributed by atoms with van der Waals surface area (Å²) < 4.78 is 53.6. The first-order valence-electron chi connectivity index (χ1n) is 6.40. The fourth-order valence-corrected chi connectivity index (χ4v) is 3.48. The lowest BCUT2D eigenvalue weighted by atomic mass is 10.2. The van der Waals surface area contributed by atoms with Crippen molar-refractivity contribution >= 4 is 31.5 Å². The van der Waals surface area contributed by atoms with Crippen LogP contribution in [0.2, 0.25) is 5.02 Å². The molecule has 0 amide bonds. The summed E-state index contributed by atoms with van der Waals surface area (Å²) in [5, 5.41) is 6.90. The molecule has 1 aromatic carbocycles. The summed E-state index contributed by atoms with van der Waals surface area (Å²) in [6, 6.07) is 6.54. The molecule has 11 heteroatoms. The first-order valence-corrected chi connectivity index (χ1v) is 10.3. The van der Waals surface area contributed by atoms with Gasteiger partial charge in [0.2, 0.25) is 25.8 Å². The van der Waals surface area contributed by atoms with E-state index in [1.807, 2.05) is 0 Å². The Hall–Kier alpha value is -1.49. The smallest absolute Gasteiger partial charge is 0.335 e. The van der Waals surface area contributed by atoms with E-state index in [-0.39, 0.29) is 24.6 Å². The Bertz CT molecular complexity index is 893. The largest absolute Gasteiger partial charge is 0.412 e. The molecule has 8 nitrogen and oxygen atoms in total. The van der Waals surface area contributed by atoms with E-state index in [4.69, 9.17) is 16.0 Å². The molecular weight excluding hydrogens is 366 g/mol. The van der Waals surface area contributed by atoms with E-state index in [9.17, 15) is 16.8 Å². The van der Waals surface area contributed by atoms with Crippen molar-refractivity contribution in [3.05, 3.63) is 40.7 Å². The van der Waals surface area contributed by atoms with Gasteiger partial charge in [-0.15, -0.1) is 5.10 Å². The molecule has 126 valence electrons. The lowest BCUT2D eigenvalue weighted by molar-refractivity contribution is 0.397. The minimum Gasteiger partial charge on any atom is -0.412 e. The summed E-state index contributed by atoms with van der Waals surface area (Å²) >= 11 is 5.81. The first-order chi connectivity index (χ1) is 10.7. The summed E-state index contributed by atoms with van der Waals surface area (Å²) in [4.78, 5) is 0. The Morgan fingerprint density at radius 2 is 1.96 bits per heavy atom. The highest BCUT2D eigenvalue weighted by Gasteiger charge is 2.17. The summed E-state index contributed by atoms with van der Waals surface area (Å²) in [7, 11) is -7.13. The lowest BCUT2D eigenvalue weighted by Crippen LogP contribution is -2.27. The lowest BCUT2D eigenvalue weighted by Gasteiger charge is -2.06. The zero-order valence-electron chi connectivity index (χ0n) is 12.1. The number of sulfone groups is 1. The van der Waals surface area contributed by atoms with Crippen LogP contribution in [0.1, 0.15) is 11.5 Å². The van der Waals surface area contributed by atoms with Crippen LogP contribution in [-0.4, -0.2) is 39.8 Å². The average molecular weight is 380 g/mol. The zero-order chi connectivity index (χ0) is 17.1. The van der Waals surface area contributed by atoms with Gasteiger partial charge in [0.15, 0.2) is 0 Å². The molecule has 0 unspecified atom stereocenters. The summed E-state index contributed by atoms with van der Waals surface area (Å²) in [6.45, 7) is 0.00823. The van der Waals surface area contributed by atoms with E-state index in [0.29, 0.717) is 10.6 Å². The first kappa shape index (κ1) is 17.9. The van der Waals surface area contributed by atoms with Crippen LogP contribution < -0.4 is 4.72 Å². The van der Waals surface area contributed by atoms with Gasteiger partial charge >= 0.3 is 5.22 Å². The number of hydrogen-bond donors (Lipinski definition) is 1. The minimum absolute atomic E-state index is 0.00823. The van der Waals surface area contributed by atoms with Gasteiger partial charge in [0.05, 0.1) is 5.75 Å². The molecule has 1 heterocycles. The van der Waals surface area contributed by atoms with E-state index < -0.39 is 25.1 Å². The summed E-state index contributed by atoms with van der Waals surface area (Å²) in [5.74, 6) is -0.178. The molecule has 23 heavy (non-hydrogen) atoms. The number of nitrogens with one attached hydrogen (secondary N) is 1. The van der Waals surface area contributed by atoms with Crippen LogP contribution in [0, 0.1) is 0 Å². The molecule has 0 aliphatic carbocycles. The highest BCUT2D eigenvalue weighted by atomic mass is 35.5. The van der Waals surface area contributed by atoms with Gasteiger partial charge in [0.1, 0.15) is 0 Å². The molecule has 0 saturated carbocycles. The maximum absolute atomic E-state index is 11.9. The topological polar surface area (TPSA) is 119 Å². The van der Waals surface area contributed by atoms with Gasteiger partial charge in [-0.2, -0.15) is 0 Å². The van der Waals surface area contributed by atoms with Crippen molar-refractivity contribution in [2.24, 2.45) is 0 Å². The molecular formula is C12H14ClN3O5S2. The van der Waals surface area contributed by atoms with Gasteiger partial charge in [-0.3, -0.25) is 0 Å². The molecule has 0 aliphatic heterocycles. The minimum atomic E-state index is -3.57. The van der Waals surface area contributed by atoms with Crippen LogP contribution in [0.15, 0.2) is 33.9 Å². The maximum atomic E-state index is 11.9. The van der Waals surface area contributed by atoms with E-state index >= 15 is 0 Å².